The molecule has 0 saturated heterocycles. The molecule has 0 heterocycles. The second kappa shape index (κ2) is 7.21. The van der Waals surface area contributed by atoms with Gasteiger partial charge in [-0.3, -0.25) is 0 Å². The van der Waals surface area contributed by atoms with Crippen molar-refractivity contribution in [1.82, 2.24) is 0 Å². The summed E-state index contributed by atoms with van der Waals surface area (Å²) in [4.78, 5) is 0. The lowest BCUT2D eigenvalue weighted by atomic mass is 9.72. The van der Waals surface area contributed by atoms with E-state index in [1.807, 2.05) is 42.5 Å². The van der Waals surface area contributed by atoms with Crippen molar-refractivity contribution in [2.24, 2.45) is 0 Å². The van der Waals surface area contributed by atoms with Crippen molar-refractivity contribution < 1.29 is 21.0 Å². The van der Waals surface area contributed by atoms with Gasteiger partial charge in [0.1, 0.15) is 0 Å². The number of hydrogen-bond donors (Lipinski definition) is 2. The molecule has 0 unspecified atom stereocenters. The summed E-state index contributed by atoms with van der Waals surface area (Å²) in [6, 6.07) is 12.4. The lowest BCUT2D eigenvalue weighted by Crippen LogP contribution is -2.31. The molecule has 29 heavy (non-hydrogen) atoms. The molecular formula is C26H19BO2. The van der Waals surface area contributed by atoms with Crippen LogP contribution in [0.25, 0.3) is 43.8 Å². The van der Waals surface area contributed by atoms with Gasteiger partial charge in [-0.15, -0.1) is 0 Å². The van der Waals surface area contributed by atoms with E-state index in [-0.39, 0.29) is 27.1 Å². The molecule has 138 valence electrons. The largest absolute Gasteiger partial charge is 0.489 e. The van der Waals surface area contributed by atoms with Crippen molar-refractivity contribution in [2.45, 2.75) is 0 Å². The van der Waals surface area contributed by atoms with E-state index >= 15 is 0 Å². The van der Waals surface area contributed by atoms with Crippen LogP contribution in [-0.2, 0) is 0 Å². The Labute approximate surface area is 181 Å². The van der Waals surface area contributed by atoms with E-state index in [0.717, 1.165) is 11.1 Å². The van der Waals surface area contributed by atoms with Gasteiger partial charge in [0, 0.05) is 0 Å². The van der Waals surface area contributed by atoms with Crippen LogP contribution in [0.3, 0.4) is 0 Å². The van der Waals surface area contributed by atoms with Gasteiger partial charge in [-0.1, -0.05) is 103 Å². The molecule has 0 amide bonds. The first-order valence-electron chi connectivity index (χ1n) is 13.0. The number of fused-ring (bicyclic) bond motifs is 2. The summed E-state index contributed by atoms with van der Waals surface area (Å²) >= 11 is 0. The maximum Gasteiger partial charge on any atom is 0.489 e. The van der Waals surface area contributed by atoms with Crippen LogP contribution in [-0.4, -0.2) is 17.2 Å². The van der Waals surface area contributed by atoms with E-state index < -0.39 is 60.9 Å². The van der Waals surface area contributed by atoms with E-state index in [2.05, 4.69) is 0 Å². The highest BCUT2D eigenvalue weighted by molar-refractivity contribution is 6.66. The molecular weight excluding hydrogens is 355 g/mol. The van der Waals surface area contributed by atoms with E-state index in [9.17, 15) is 10.0 Å². The summed E-state index contributed by atoms with van der Waals surface area (Å²) in [6.07, 6.45) is 0. The van der Waals surface area contributed by atoms with Crippen molar-refractivity contribution in [1.29, 1.82) is 0 Å². The highest BCUT2D eigenvalue weighted by Crippen LogP contribution is 2.36. The van der Waals surface area contributed by atoms with Crippen LogP contribution in [0.1, 0.15) is 11.0 Å². The van der Waals surface area contributed by atoms with Gasteiger partial charge >= 0.3 is 7.12 Å². The molecule has 2 nitrogen and oxygen atoms in total. The molecule has 5 rings (SSSR count). The minimum atomic E-state index is -2.27. The lowest BCUT2D eigenvalue weighted by molar-refractivity contribution is 0.426. The smallest absolute Gasteiger partial charge is 0.423 e. The number of hydrogen-bond acceptors (Lipinski definition) is 2. The molecule has 0 aliphatic rings. The maximum absolute atomic E-state index is 10.3. The van der Waals surface area contributed by atoms with Crippen LogP contribution in [0, 0.1) is 0 Å². The van der Waals surface area contributed by atoms with Crippen LogP contribution >= 0.6 is 0 Å². The summed E-state index contributed by atoms with van der Waals surface area (Å²) in [6.45, 7) is 0. The van der Waals surface area contributed by atoms with E-state index in [4.69, 9.17) is 11.0 Å². The summed E-state index contributed by atoms with van der Waals surface area (Å²) < 4.78 is 67.3. The van der Waals surface area contributed by atoms with Crippen molar-refractivity contribution >= 4 is 34.1 Å². The molecule has 0 aliphatic carbocycles. The average Bonchev–Trinajstić information content (AvgIpc) is 2.91. The van der Waals surface area contributed by atoms with Gasteiger partial charge in [-0.05, 0) is 49.3 Å². The Bertz CT molecular complexity index is 1640. The molecule has 3 heteroatoms. The van der Waals surface area contributed by atoms with Crippen LogP contribution < -0.4 is 5.46 Å². The predicted octanol–water partition coefficient (Wildman–Crippen LogP) is 5.01. The quantitative estimate of drug-likeness (QED) is 0.340. The number of rotatable bonds is 3. The fourth-order valence-electron chi connectivity index (χ4n) is 3.66. The summed E-state index contributed by atoms with van der Waals surface area (Å²) in [5.74, 6) is 0. The normalized spacial score (nSPS) is 15.0. The number of benzene rings is 5. The van der Waals surface area contributed by atoms with E-state index in [1.165, 1.54) is 0 Å². The Morgan fingerprint density at radius 1 is 0.552 bits per heavy atom. The average molecular weight is 382 g/mol. The zero-order chi connectivity index (χ0) is 26.8. The van der Waals surface area contributed by atoms with Crippen LogP contribution in [0.15, 0.2) is 103 Å². The lowest BCUT2D eigenvalue weighted by Gasteiger charge is -2.17. The fourth-order valence-corrected chi connectivity index (χ4v) is 3.66. The minimum absolute atomic E-state index is 0.0564. The van der Waals surface area contributed by atoms with Crippen molar-refractivity contribution in [3.63, 3.8) is 0 Å². The predicted molar refractivity (Wildman–Crippen MR) is 122 cm³/mol. The van der Waals surface area contributed by atoms with Gasteiger partial charge in [-0.2, -0.15) is 0 Å². The van der Waals surface area contributed by atoms with Gasteiger partial charge in [0.15, 0.2) is 0 Å². The summed E-state index contributed by atoms with van der Waals surface area (Å²) in [7, 11) is -2.27. The van der Waals surface area contributed by atoms with Crippen LogP contribution in [0.2, 0.25) is 0 Å². The Morgan fingerprint density at radius 2 is 1.00 bits per heavy atom. The molecule has 0 saturated carbocycles. The molecule has 0 atom stereocenters. The van der Waals surface area contributed by atoms with Gasteiger partial charge in [0.25, 0.3) is 0 Å². The topological polar surface area (TPSA) is 40.5 Å². The van der Waals surface area contributed by atoms with Gasteiger partial charge in [0.05, 0.1) is 11.0 Å². The van der Waals surface area contributed by atoms with Gasteiger partial charge < -0.3 is 10.0 Å². The molecule has 0 fully saturated rings. The Hall–Kier alpha value is -3.40. The fraction of sp³-hybridized carbons (Fsp3) is 0. The zero-order valence-electron chi connectivity index (χ0n) is 23.2. The molecule has 5 aromatic rings. The minimum Gasteiger partial charge on any atom is -0.423 e. The van der Waals surface area contributed by atoms with Crippen LogP contribution in [0.4, 0.5) is 0 Å². The molecule has 0 bridgehead atoms. The maximum atomic E-state index is 10.3. The summed E-state index contributed by atoms with van der Waals surface area (Å²) in [5.41, 5.74) is 2.04. The van der Waals surface area contributed by atoms with Crippen molar-refractivity contribution in [3.05, 3.63) is 103 Å². The monoisotopic (exact) mass is 382 g/mol. The van der Waals surface area contributed by atoms with Crippen molar-refractivity contribution in [2.75, 3.05) is 0 Å². The molecule has 2 N–H and O–H groups in total. The Kier molecular flexibility index (Phi) is 2.73. The van der Waals surface area contributed by atoms with Gasteiger partial charge in [0.2, 0.25) is 0 Å². The zero-order valence-corrected chi connectivity index (χ0v) is 15.2. The van der Waals surface area contributed by atoms with E-state index in [0.29, 0.717) is 5.56 Å². The highest BCUT2D eigenvalue weighted by atomic mass is 16.4. The first-order chi connectivity index (χ1) is 17.6. The first-order valence-corrected chi connectivity index (χ1v) is 9.04. The standard InChI is InChI=1S/C26H19BO2/c28-27(29)26-23-12-6-4-10-21(23)25(22-11-5-7-13-24(22)26)20-16-14-19(15-17-20)18-8-2-1-3-9-18/h1-17,28-29H/i4D,5D,6D,7D,10D,11D,12D,13D. The Balaban J connectivity index is 2.04. The first kappa shape index (κ1) is 11.0. The SMILES string of the molecule is [2H]c1c([2H])c([2H])c2c(-c3ccc(-c4ccccc4)cc3)c3c([2H])c([2H])c([2H])c([2H])c3c(B(O)O)c2c1[2H]. The van der Waals surface area contributed by atoms with Crippen molar-refractivity contribution in [3.8, 4) is 22.3 Å². The third-order valence-corrected chi connectivity index (χ3v) is 4.95. The van der Waals surface area contributed by atoms with E-state index in [1.54, 1.807) is 12.1 Å². The third kappa shape index (κ3) is 3.01. The Morgan fingerprint density at radius 3 is 1.52 bits per heavy atom. The van der Waals surface area contributed by atoms with Crippen LogP contribution in [0.5, 0.6) is 0 Å². The molecule has 0 spiro atoms. The highest BCUT2D eigenvalue weighted by Gasteiger charge is 2.22. The molecule has 0 radical (unpaired) electrons. The summed E-state index contributed by atoms with van der Waals surface area (Å²) in [5, 5.41) is 20.2. The second-order valence-electron chi connectivity index (χ2n) is 6.61. The second-order valence-corrected chi connectivity index (χ2v) is 6.61. The van der Waals surface area contributed by atoms with Gasteiger partial charge in [-0.25, -0.2) is 0 Å². The molecule has 5 aromatic carbocycles. The molecule has 0 aliphatic heterocycles. The third-order valence-electron chi connectivity index (χ3n) is 4.95. The molecule has 0 aromatic heterocycles.